The molecule has 0 aliphatic rings. The number of hydrogen-bond donors (Lipinski definition) is 0. The summed E-state index contributed by atoms with van der Waals surface area (Å²) in [4.78, 5) is 13.3. The van der Waals surface area contributed by atoms with Crippen LogP contribution in [0.3, 0.4) is 0 Å². The Balaban J connectivity index is 1.97. The van der Waals surface area contributed by atoms with Gasteiger partial charge in [0, 0.05) is 6.08 Å². The van der Waals surface area contributed by atoms with Crippen LogP contribution in [0, 0.1) is 0 Å². The Morgan fingerprint density at radius 1 is 1.03 bits per heavy atom. The molecular weight excluding hydrogens is 502 g/mol. The van der Waals surface area contributed by atoms with E-state index in [1.165, 1.54) is 18.2 Å². The SMILES string of the molecule is CCCCc1ccc(N(C(=O)/C=C/c2ccc(OC)c(Br)c2)S(=O)(=O)c2ccccc2)cc1. The highest BCUT2D eigenvalue weighted by atomic mass is 79.9. The zero-order valence-corrected chi connectivity index (χ0v) is 21.0. The lowest BCUT2D eigenvalue weighted by Gasteiger charge is -2.21. The second-order valence-corrected chi connectivity index (χ2v) is 10.1. The van der Waals surface area contributed by atoms with E-state index >= 15 is 0 Å². The van der Waals surface area contributed by atoms with Crippen LogP contribution in [0.25, 0.3) is 6.08 Å². The van der Waals surface area contributed by atoms with Crippen molar-refractivity contribution in [3.63, 3.8) is 0 Å². The highest BCUT2D eigenvalue weighted by Gasteiger charge is 2.29. The molecule has 0 saturated heterocycles. The largest absolute Gasteiger partial charge is 0.496 e. The van der Waals surface area contributed by atoms with Crippen LogP contribution in [0.2, 0.25) is 0 Å². The number of carbonyl (C=O) groups excluding carboxylic acids is 1. The minimum atomic E-state index is -4.10. The summed E-state index contributed by atoms with van der Waals surface area (Å²) in [6.07, 6.45) is 5.86. The van der Waals surface area contributed by atoms with Crippen molar-refractivity contribution in [3.05, 3.63) is 94.5 Å². The molecule has 3 aromatic rings. The van der Waals surface area contributed by atoms with E-state index in [4.69, 9.17) is 4.74 Å². The summed E-state index contributed by atoms with van der Waals surface area (Å²) in [6, 6.07) is 20.4. The Bertz CT molecular complexity index is 1220. The predicted octanol–water partition coefficient (Wildman–Crippen LogP) is 6.24. The summed E-state index contributed by atoms with van der Waals surface area (Å²) < 4.78 is 33.7. The van der Waals surface area contributed by atoms with Crippen molar-refractivity contribution in [3.8, 4) is 5.75 Å². The summed E-state index contributed by atoms with van der Waals surface area (Å²) >= 11 is 3.42. The number of sulfonamides is 1. The van der Waals surface area contributed by atoms with E-state index in [1.807, 2.05) is 12.1 Å². The van der Waals surface area contributed by atoms with Gasteiger partial charge in [0.2, 0.25) is 0 Å². The van der Waals surface area contributed by atoms with Crippen molar-refractivity contribution in [2.75, 3.05) is 11.4 Å². The number of aryl methyl sites for hydroxylation is 1. The topological polar surface area (TPSA) is 63.7 Å². The van der Waals surface area contributed by atoms with Crippen LogP contribution in [0.4, 0.5) is 5.69 Å². The number of benzene rings is 3. The molecule has 5 nitrogen and oxygen atoms in total. The maximum atomic E-state index is 13.4. The Labute approximate surface area is 203 Å². The number of unbranched alkanes of at least 4 members (excludes halogenated alkanes) is 1. The van der Waals surface area contributed by atoms with Gasteiger partial charge in [0.25, 0.3) is 15.9 Å². The normalized spacial score (nSPS) is 11.5. The van der Waals surface area contributed by atoms with Crippen molar-refractivity contribution in [2.45, 2.75) is 31.1 Å². The van der Waals surface area contributed by atoms with Gasteiger partial charge >= 0.3 is 0 Å². The quantitative estimate of drug-likeness (QED) is 0.309. The lowest BCUT2D eigenvalue weighted by Crippen LogP contribution is -2.35. The first-order valence-electron chi connectivity index (χ1n) is 10.6. The molecule has 0 radical (unpaired) electrons. The first-order valence-corrected chi connectivity index (χ1v) is 12.8. The summed E-state index contributed by atoms with van der Waals surface area (Å²) in [5.41, 5.74) is 2.12. The lowest BCUT2D eigenvalue weighted by molar-refractivity contribution is -0.113. The van der Waals surface area contributed by atoms with Gasteiger partial charge in [-0.1, -0.05) is 49.7 Å². The molecule has 3 rings (SSSR count). The molecule has 0 saturated carbocycles. The maximum absolute atomic E-state index is 13.4. The fourth-order valence-electron chi connectivity index (χ4n) is 3.28. The third-order valence-corrected chi connectivity index (χ3v) is 7.42. The predicted molar refractivity (Wildman–Crippen MR) is 136 cm³/mol. The molecule has 0 bridgehead atoms. The molecule has 1 amide bonds. The maximum Gasteiger partial charge on any atom is 0.271 e. The molecular formula is C26H26BrNO4S. The van der Waals surface area contributed by atoms with Crippen LogP contribution in [0.15, 0.2) is 88.2 Å². The van der Waals surface area contributed by atoms with Gasteiger partial charge in [-0.3, -0.25) is 4.79 Å². The highest BCUT2D eigenvalue weighted by Crippen LogP contribution is 2.27. The van der Waals surface area contributed by atoms with Gasteiger partial charge in [0.15, 0.2) is 0 Å². The van der Waals surface area contributed by atoms with Crippen molar-refractivity contribution in [2.24, 2.45) is 0 Å². The Morgan fingerprint density at radius 3 is 2.33 bits per heavy atom. The number of rotatable bonds is 9. The second-order valence-electron chi connectivity index (χ2n) is 7.42. The lowest BCUT2D eigenvalue weighted by atomic mass is 10.1. The molecule has 172 valence electrons. The molecule has 0 spiro atoms. The first-order chi connectivity index (χ1) is 15.9. The molecule has 7 heteroatoms. The average molecular weight is 528 g/mol. The molecule has 0 atom stereocenters. The summed E-state index contributed by atoms with van der Waals surface area (Å²) in [5.74, 6) is 0.00187. The number of halogens is 1. The number of hydrogen-bond acceptors (Lipinski definition) is 4. The van der Waals surface area contributed by atoms with Crippen LogP contribution >= 0.6 is 15.9 Å². The van der Waals surface area contributed by atoms with E-state index in [1.54, 1.807) is 61.7 Å². The molecule has 0 aromatic heterocycles. The minimum absolute atomic E-state index is 0.0500. The third kappa shape index (κ3) is 6.12. The highest BCUT2D eigenvalue weighted by molar-refractivity contribution is 9.10. The van der Waals surface area contributed by atoms with Crippen LogP contribution in [-0.2, 0) is 21.2 Å². The van der Waals surface area contributed by atoms with E-state index < -0.39 is 15.9 Å². The summed E-state index contributed by atoms with van der Waals surface area (Å²) in [5, 5.41) is 0. The number of anilines is 1. The summed E-state index contributed by atoms with van der Waals surface area (Å²) in [6.45, 7) is 2.12. The van der Waals surface area contributed by atoms with E-state index in [2.05, 4.69) is 22.9 Å². The van der Waals surface area contributed by atoms with Crippen LogP contribution in [0.1, 0.15) is 30.9 Å². The number of nitrogens with zero attached hydrogens (tertiary/aromatic N) is 1. The number of methoxy groups -OCH3 is 1. The molecule has 0 unspecified atom stereocenters. The fraction of sp³-hybridized carbons (Fsp3) is 0.192. The van der Waals surface area contributed by atoms with Gasteiger partial charge < -0.3 is 4.74 Å². The van der Waals surface area contributed by atoms with Gasteiger partial charge in [0.1, 0.15) is 5.75 Å². The van der Waals surface area contributed by atoms with E-state index in [-0.39, 0.29) is 4.90 Å². The van der Waals surface area contributed by atoms with Crippen molar-refractivity contribution in [1.29, 1.82) is 0 Å². The monoisotopic (exact) mass is 527 g/mol. The van der Waals surface area contributed by atoms with Crippen LogP contribution in [-0.4, -0.2) is 21.4 Å². The number of carbonyl (C=O) groups is 1. The molecule has 0 aliphatic carbocycles. The zero-order chi connectivity index (χ0) is 23.8. The van der Waals surface area contributed by atoms with Gasteiger partial charge in [-0.25, -0.2) is 8.42 Å². The van der Waals surface area contributed by atoms with Gasteiger partial charge in [-0.2, -0.15) is 4.31 Å². The van der Waals surface area contributed by atoms with Crippen molar-refractivity contribution >= 4 is 43.6 Å². The Kier molecular flexibility index (Phi) is 8.47. The van der Waals surface area contributed by atoms with E-state index in [0.29, 0.717) is 11.4 Å². The molecule has 0 aliphatic heterocycles. The fourth-order valence-corrected chi connectivity index (χ4v) is 5.25. The Morgan fingerprint density at radius 2 is 1.73 bits per heavy atom. The standard InChI is InChI=1S/C26H26BrNO4S/c1-3-4-8-20-11-15-22(16-12-20)28(33(30,31)23-9-6-5-7-10-23)26(29)18-14-21-13-17-25(32-2)24(27)19-21/h5-7,9-19H,3-4,8H2,1-2H3/b18-14+. The van der Waals surface area contributed by atoms with E-state index in [9.17, 15) is 13.2 Å². The molecule has 0 N–H and O–H groups in total. The van der Waals surface area contributed by atoms with Gasteiger partial charge in [-0.15, -0.1) is 0 Å². The Hall–Kier alpha value is -2.90. The van der Waals surface area contributed by atoms with Crippen LogP contribution in [0.5, 0.6) is 5.75 Å². The molecule has 0 fully saturated rings. The van der Waals surface area contributed by atoms with E-state index in [0.717, 1.165) is 39.2 Å². The van der Waals surface area contributed by atoms with Crippen LogP contribution < -0.4 is 9.04 Å². The third-order valence-electron chi connectivity index (χ3n) is 5.07. The smallest absolute Gasteiger partial charge is 0.271 e. The minimum Gasteiger partial charge on any atom is -0.496 e. The average Bonchev–Trinajstić information content (AvgIpc) is 2.83. The van der Waals surface area contributed by atoms with Crippen molar-refractivity contribution in [1.82, 2.24) is 0 Å². The number of ether oxygens (including phenoxy) is 1. The summed E-state index contributed by atoms with van der Waals surface area (Å²) in [7, 11) is -2.53. The first kappa shape index (κ1) is 24.7. The van der Waals surface area contributed by atoms with Gasteiger partial charge in [0.05, 0.1) is 22.2 Å². The second kappa shape index (κ2) is 11.3. The molecule has 0 heterocycles. The van der Waals surface area contributed by atoms with Gasteiger partial charge in [-0.05, 0) is 82.4 Å². The molecule has 3 aromatic carbocycles. The van der Waals surface area contributed by atoms with Crippen molar-refractivity contribution < 1.29 is 17.9 Å². The zero-order valence-electron chi connectivity index (χ0n) is 18.6. The molecule has 33 heavy (non-hydrogen) atoms. The number of amides is 1.